The number of amides is 1. The Bertz CT molecular complexity index is 951. The van der Waals surface area contributed by atoms with Gasteiger partial charge in [0, 0.05) is 6.42 Å². The number of aliphatic hydroxyl groups excluding tert-OH is 3. The highest BCUT2D eigenvalue weighted by Gasteiger charge is 2.26. The first-order valence-electron chi connectivity index (χ1n) is 29.1. The molecule has 0 aliphatic carbocycles. The summed E-state index contributed by atoms with van der Waals surface area (Å²) in [5.41, 5.74) is 0. The molecular weight excluding hydrogens is 787 g/mol. The Kier molecular flexibility index (Phi) is 53.4. The molecule has 0 saturated heterocycles. The maximum Gasteiger partial charge on any atom is 0.220 e. The summed E-state index contributed by atoms with van der Waals surface area (Å²) >= 11 is 0. The van der Waals surface area contributed by atoms with Crippen molar-refractivity contribution in [2.24, 2.45) is 0 Å². The van der Waals surface area contributed by atoms with Crippen molar-refractivity contribution in [3.63, 3.8) is 0 Å². The van der Waals surface area contributed by atoms with E-state index in [1.807, 2.05) is 0 Å². The molecule has 0 aliphatic heterocycles. The molecule has 1 amide bonds. The number of carbonyl (C=O) groups excluding carboxylic acids is 1. The van der Waals surface area contributed by atoms with Crippen LogP contribution in [0.4, 0.5) is 0 Å². The second-order valence-electron chi connectivity index (χ2n) is 20.2. The SMILES string of the molecule is CCCCCCCCCCCC/C=C/CC/C=C/CCCC(O)C(O)C(CO)NC(=O)CCCCCCCCCCCCCCCCCCCCCCCCCCCCCCCCC. The summed E-state index contributed by atoms with van der Waals surface area (Å²) in [4.78, 5) is 12.5. The number of rotatable bonds is 54. The molecule has 4 N–H and O–H groups in total. The maximum absolute atomic E-state index is 12.5. The minimum absolute atomic E-state index is 0.152. The van der Waals surface area contributed by atoms with E-state index >= 15 is 0 Å². The Morgan fingerprint density at radius 1 is 0.375 bits per heavy atom. The van der Waals surface area contributed by atoms with Gasteiger partial charge in [0.25, 0.3) is 0 Å². The largest absolute Gasteiger partial charge is 0.394 e. The van der Waals surface area contributed by atoms with Gasteiger partial charge >= 0.3 is 0 Å². The van der Waals surface area contributed by atoms with Gasteiger partial charge in [-0.15, -0.1) is 0 Å². The number of hydrogen-bond acceptors (Lipinski definition) is 4. The highest BCUT2D eigenvalue weighted by molar-refractivity contribution is 5.76. The molecule has 0 aromatic heterocycles. The van der Waals surface area contributed by atoms with E-state index in [-0.39, 0.29) is 12.5 Å². The van der Waals surface area contributed by atoms with Gasteiger partial charge in [0.2, 0.25) is 5.91 Å². The van der Waals surface area contributed by atoms with E-state index in [0.29, 0.717) is 12.8 Å². The summed E-state index contributed by atoms with van der Waals surface area (Å²) in [7, 11) is 0. The third-order valence-corrected chi connectivity index (χ3v) is 13.8. The fourth-order valence-electron chi connectivity index (χ4n) is 9.30. The first-order valence-corrected chi connectivity index (χ1v) is 29.1. The van der Waals surface area contributed by atoms with Gasteiger partial charge < -0.3 is 20.6 Å². The second-order valence-corrected chi connectivity index (χ2v) is 20.2. The topological polar surface area (TPSA) is 89.8 Å². The predicted molar refractivity (Wildman–Crippen MR) is 282 cm³/mol. The molecule has 0 bridgehead atoms. The molecule has 0 fully saturated rings. The Morgan fingerprint density at radius 3 is 0.953 bits per heavy atom. The molecule has 3 atom stereocenters. The van der Waals surface area contributed by atoms with Crippen LogP contribution < -0.4 is 5.32 Å². The molecule has 0 aliphatic rings. The minimum atomic E-state index is -1.16. The van der Waals surface area contributed by atoms with Crippen molar-refractivity contribution in [2.45, 2.75) is 340 Å². The lowest BCUT2D eigenvalue weighted by Crippen LogP contribution is -2.50. The van der Waals surface area contributed by atoms with Crippen LogP contribution in [0.15, 0.2) is 24.3 Å². The summed E-state index contributed by atoms with van der Waals surface area (Å²) in [6.45, 7) is 4.20. The molecule has 5 nitrogen and oxygen atoms in total. The summed E-state index contributed by atoms with van der Waals surface area (Å²) in [5, 5.41) is 33.7. The minimum Gasteiger partial charge on any atom is -0.394 e. The van der Waals surface area contributed by atoms with Crippen molar-refractivity contribution in [3.05, 3.63) is 24.3 Å². The number of nitrogens with one attached hydrogen (secondary N) is 1. The normalized spacial score (nSPS) is 13.4. The van der Waals surface area contributed by atoms with Crippen molar-refractivity contribution in [2.75, 3.05) is 6.61 Å². The van der Waals surface area contributed by atoms with Gasteiger partial charge in [-0.05, 0) is 51.4 Å². The van der Waals surface area contributed by atoms with Gasteiger partial charge in [0.15, 0.2) is 0 Å². The van der Waals surface area contributed by atoms with E-state index in [9.17, 15) is 20.1 Å². The lowest BCUT2D eigenvalue weighted by atomic mass is 10.0. The zero-order valence-electron chi connectivity index (χ0n) is 43.4. The quantitative estimate of drug-likeness (QED) is 0.0362. The van der Waals surface area contributed by atoms with Gasteiger partial charge in [-0.2, -0.15) is 0 Å². The van der Waals surface area contributed by atoms with Crippen LogP contribution in [0, 0.1) is 0 Å². The predicted octanol–water partition coefficient (Wildman–Crippen LogP) is 18.1. The summed E-state index contributed by atoms with van der Waals surface area (Å²) in [5.74, 6) is -0.152. The van der Waals surface area contributed by atoms with Crippen molar-refractivity contribution < 1.29 is 20.1 Å². The van der Waals surface area contributed by atoms with Gasteiger partial charge in [-0.3, -0.25) is 4.79 Å². The number of aliphatic hydroxyl groups is 3. The first kappa shape index (κ1) is 62.8. The zero-order chi connectivity index (χ0) is 46.5. The van der Waals surface area contributed by atoms with Crippen LogP contribution in [-0.2, 0) is 4.79 Å². The van der Waals surface area contributed by atoms with Crippen molar-refractivity contribution >= 4 is 5.91 Å². The third kappa shape index (κ3) is 48.8. The molecule has 5 heteroatoms. The fourth-order valence-corrected chi connectivity index (χ4v) is 9.30. The molecule has 3 unspecified atom stereocenters. The zero-order valence-corrected chi connectivity index (χ0v) is 43.4. The highest BCUT2D eigenvalue weighted by Crippen LogP contribution is 2.18. The molecule has 0 aromatic carbocycles. The molecule has 0 spiro atoms. The molecule has 0 heterocycles. The molecule has 0 saturated carbocycles. The van der Waals surface area contributed by atoms with Crippen LogP contribution in [0.2, 0.25) is 0 Å². The number of hydrogen-bond donors (Lipinski definition) is 4. The van der Waals surface area contributed by atoms with Crippen LogP contribution in [-0.4, -0.2) is 46.1 Å². The van der Waals surface area contributed by atoms with Crippen LogP contribution in [0.1, 0.15) is 322 Å². The van der Waals surface area contributed by atoms with E-state index in [1.165, 1.54) is 250 Å². The highest BCUT2D eigenvalue weighted by atomic mass is 16.3. The summed E-state index contributed by atoms with van der Waals surface area (Å²) < 4.78 is 0. The Balaban J connectivity index is 3.51. The molecule has 0 rings (SSSR count). The monoisotopic (exact) mass is 902 g/mol. The maximum atomic E-state index is 12.5. The smallest absolute Gasteiger partial charge is 0.220 e. The molecule has 0 aromatic rings. The number of carbonyl (C=O) groups is 1. The lowest BCUT2D eigenvalue weighted by molar-refractivity contribution is -0.124. The van der Waals surface area contributed by atoms with E-state index in [2.05, 4.69) is 43.5 Å². The van der Waals surface area contributed by atoms with E-state index in [4.69, 9.17) is 0 Å². The average Bonchev–Trinajstić information content (AvgIpc) is 3.30. The first-order chi connectivity index (χ1) is 31.6. The molecule has 380 valence electrons. The van der Waals surface area contributed by atoms with E-state index < -0.39 is 18.2 Å². The van der Waals surface area contributed by atoms with Crippen LogP contribution in [0.25, 0.3) is 0 Å². The standard InChI is InChI=1S/C59H115NO4/c1-3-5-7-9-11-13-15-17-19-21-23-24-25-26-27-28-29-30-31-32-33-34-36-38-40-42-44-46-48-50-52-54-58(63)60-56(55-61)59(64)57(62)53-51-49-47-45-43-41-39-37-35-22-20-18-16-14-12-10-8-6-4-2/h37,39,45,47,56-57,59,61-62,64H,3-36,38,40-44,46,48-55H2,1-2H3,(H,60,63)/b39-37+,47-45+. The number of unbranched alkanes of at least 4 members (excludes halogenated alkanes) is 42. The average molecular weight is 903 g/mol. The molecule has 64 heavy (non-hydrogen) atoms. The molecule has 0 radical (unpaired) electrons. The summed E-state index contributed by atoms with van der Waals surface area (Å²) in [6.07, 6.45) is 69.2. The van der Waals surface area contributed by atoms with Crippen LogP contribution >= 0.6 is 0 Å². The van der Waals surface area contributed by atoms with E-state index in [1.54, 1.807) is 0 Å². The second kappa shape index (κ2) is 54.4. The van der Waals surface area contributed by atoms with Crippen LogP contribution in [0.3, 0.4) is 0 Å². The van der Waals surface area contributed by atoms with E-state index in [0.717, 1.165) is 44.9 Å². The van der Waals surface area contributed by atoms with Crippen molar-refractivity contribution in [1.82, 2.24) is 5.32 Å². The van der Waals surface area contributed by atoms with Crippen molar-refractivity contribution in [3.8, 4) is 0 Å². The Labute approximate surface area is 401 Å². The molecular formula is C59H115NO4. The van der Waals surface area contributed by atoms with Gasteiger partial charge in [-0.25, -0.2) is 0 Å². The Hall–Kier alpha value is -1.17. The fraction of sp³-hybridized carbons (Fsp3) is 0.915. The van der Waals surface area contributed by atoms with Crippen molar-refractivity contribution in [1.29, 1.82) is 0 Å². The van der Waals surface area contributed by atoms with Crippen LogP contribution in [0.5, 0.6) is 0 Å². The van der Waals surface area contributed by atoms with Gasteiger partial charge in [0.1, 0.15) is 6.10 Å². The lowest BCUT2D eigenvalue weighted by Gasteiger charge is -2.26. The number of allylic oxidation sites excluding steroid dienone is 4. The third-order valence-electron chi connectivity index (χ3n) is 13.8. The van der Waals surface area contributed by atoms with Gasteiger partial charge in [0.05, 0.1) is 18.8 Å². The summed E-state index contributed by atoms with van der Waals surface area (Å²) in [6, 6.07) is -0.830. The van der Waals surface area contributed by atoms with Gasteiger partial charge in [-0.1, -0.05) is 289 Å². The Morgan fingerprint density at radius 2 is 0.641 bits per heavy atom.